The topological polar surface area (TPSA) is 42.1 Å². The van der Waals surface area contributed by atoms with Gasteiger partial charge >= 0.3 is 5.97 Å². The molecule has 1 heterocycles. The van der Waals surface area contributed by atoms with E-state index in [9.17, 15) is 4.79 Å². The van der Waals surface area contributed by atoms with Gasteiger partial charge in [0.05, 0.1) is 16.6 Å². The molecule has 0 amide bonds. The maximum Gasteiger partial charge on any atom is 0.355 e. The Labute approximate surface area is 108 Å². The van der Waals surface area contributed by atoms with Crippen LogP contribution in [-0.2, 0) is 11.2 Å². The zero-order valence-electron chi connectivity index (χ0n) is 9.84. The lowest BCUT2D eigenvalue weighted by molar-refractivity contribution is 0.0519. The molecule has 0 bridgehead atoms. The van der Waals surface area contributed by atoms with E-state index in [1.54, 1.807) is 6.92 Å². The number of carbonyl (C=O) groups excluding carboxylic acids is 1. The Morgan fingerprint density at radius 2 is 2.18 bits per heavy atom. The van der Waals surface area contributed by atoms with Gasteiger partial charge in [-0.1, -0.05) is 25.1 Å². The number of benzene rings is 1. The molecule has 4 heteroatoms. The predicted octanol–water partition coefficient (Wildman–Crippen LogP) is 3.67. The average Bonchev–Trinajstić information content (AvgIpc) is 2.67. The van der Waals surface area contributed by atoms with Gasteiger partial charge in [-0.2, -0.15) is 0 Å². The van der Waals surface area contributed by atoms with Gasteiger partial charge in [-0.25, -0.2) is 4.79 Å². The first-order valence-corrected chi connectivity index (χ1v) is 6.44. The van der Waals surface area contributed by atoms with Crippen molar-refractivity contribution in [3.8, 4) is 0 Å². The van der Waals surface area contributed by atoms with Crippen molar-refractivity contribution in [2.24, 2.45) is 0 Å². The number of fused-ring (bicyclic) bond motifs is 1. The van der Waals surface area contributed by atoms with E-state index in [0.29, 0.717) is 12.3 Å². The van der Waals surface area contributed by atoms with E-state index in [4.69, 9.17) is 4.74 Å². The number of ether oxygens (including phenoxy) is 1. The largest absolute Gasteiger partial charge is 0.461 e. The van der Waals surface area contributed by atoms with E-state index < -0.39 is 0 Å². The maximum atomic E-state index is 11.8. The summed E-state index contributed by atoms with van der Waals surface area (Å²) in [6.07, 6.45) is 0.923. The van der Waals surface area contributed by atoms with Crippen molar-refractivity contribution in [2.75, 3.05) is 6.61 Å². The van der Waals surface area contributed by atoms with Crippen LogP contribution < -0.4 is 0 Å². The highest BCUT2D eigenvalue weighted by Crippen LogP contribution is 2.30. The van der Waals surface area contributed by atoms with Crippen molar-refractivity contribution in [2.45, 2.75) is 20.3 Å². The molecule has 0 unspecified atom stereocenters. The van der Waals surface area contributed by atoms with Crippen LogP contribution >= 0.6 is 15.9 Å². The molecular weight excluding hydrogens is 282 g/mol. The minimum Gasteiger partial charge on any atom is -0.461 e. The van der Waals surface area contributed by atoms with Gasteiger partial charge in [-0.05, 0) is 34.8 Å². The van der Waals surface area contributed by atoms with Crippen LogP contribution in [0.4, 0.5) is 0 Å². The number of esters is 1. The number of nitrogens with one attached hydrogen (secondary N) is 1. The molecule has 0 fully saturated rings. The van der Waals surface area contributed by atoms with Crippen LogP contribution in [0.3, 0.4) is 0 Å². The van der Waals surface area contributed by atoms with Crippen molar-refractivity contribution in [1.82, 2.24) is 4.98 Å². The van der Waals surface area contributed by atoms with Gasteiger partial charge in [0.25, 0.3) is 0 Å². The van der Waals surface area contributed by atoms with Gasteiger partial charge < -0.3 is 9.72 Å². The van der Waals surface area contributed by atoms with E-state index >= 15 is 0 Å². The summed E-state index contributed by atoms with van der Waals surface area (Å²) in [6.45, 7) is 4.26. The molecule has 0 aliphatic carbocycles. The highest BCUT2D eigenvalue weighted by Gasteiger charge is 2.17. The Morgan fingerprint density at radius 3 is 2.82 bits per heavy atom. The Bertz CT molecular complexity index is 560. The van der Waals surface area contributed by atoms with Crippen molar-refractivity contribution < 1.29 is 9.53 Å². The monoisotopic (exact) mass is 295 g/mol. The molecule has 17 heavy (non-hydrogen) atoms. The number of hydrogen-bond donors (Lipinski definition) is 1. The molecule has 0 aliphatic rings. The summed E-state index contributed by atoms with van der Waals surface area (Å²) in [7, 11) is 0. The highest BCUT2D eigenvalue weighted by molar-refractivity contribution is 9.10. The van der Waals surface area contributed by atoms with Gasteiger partial charge in [0.2, 0.25) is 0 Å². The molecule has 0 saturated heterocycles. The van der Waals surface area contributed by atoms with E-state index in [2.05, 4.69) is 33.9 Å². The maximum absolute atomic E-state index is 11.8. The fraction of sp³-hybridized carbons (Fsp3) is 0.308. The lowest BCUT2D eigenvalue weighted by Gasteiger charge is -1.99. The SMILES string of the molecule is CCOC(=O)c1[nH]c2c(CC)cccc2c1Br. The molecule has 0 aliphatic heterocycles. The number of aromatic amines is 1. The number of carbonyl (C=O) groups is 1. The van der Waals surface area contributed by atoms with Crippen LogP contribution in [0, 0.1) is 0 Å². The molecule has 2 rings (SSSR count). The van der Waals surface area contributed by atoms with Gasteiger partial charge in [-0.3, -0.25) is 0 Å². The van der Waals surface area contributed by atoms with E-state index in [1.807, 2.05) is 12.1 Å². The molecule has 3 nitrogen and oxygen atoms in total. The number of halogens is 1. The summed E-state index contributed by atoms with van der Waals surface area (Å²) in [4.78, 5) is 14.9. The summed E-state index contributed by atoms with van der Waals surface area (Å²) < 4.78 is 5.79. The molecule has 0 saturated carbocycles. The Morgan fingerprint density at radius 1 is 1.41 bits per heavy atom. The minimum absolute atomic E-state index is 0.322. The van der Waals surface area contributed by atoms with E-state index in [-0.39, 0.29) is 5.97 Å². The fourth-order valence-electron chi connectivity index (χ4n) is 1.88. The quantitative estimate of drug-likeness (QED) is 0.878. The van der Waals surface area contributed by atoms with E-state index in [0.717, 1.165) is 21.8 Å². The number of para-hydroxylation sites is 1. The zero-order valence-corrected chi connectivity index (χ0v) is 11.4. The molecular formula is C13H14BrNO2. The first kappa shape index (κ1) is 12.2. The van der Waals surface area contributed by atoms with Gasteiger partial charge in [0, 0.05) is 5.39 Å². The van der Waals surface area contributed by atoms with Crippen molar-refractivity contribution in [3.05, 3.63) is 33.9 Å². The minimum atomic E-state index is -0.322. The standard InChI is InChI=1S/C13H14BrNO2/c1-3-8-6-5-7-9-10(14)12(15-11(8)9)13(16)17-4-2/h5-7,15H,3-4H2,1-2H3. The zero-order chi connectivity index (χ0) is 12.4. The summed E-state index contributed by atoms with van der Waals surface area (Å²) in [5.41, 5.74) is 2.69. The lowest BCUT2D eigenvalue weighted by Crippen LogP contribution is -2.05. The second kappa shape index (κ2) is 4.92. The van der Waals surface area contributed by atoms with Crippen molar-refractivity contribution >= 4 is 32.8 Å². The van der Waals surface area contributed by atoms with Crippen molar-refractivity contribution in [3.63, 3.8) is 0 Å². The second-order valence-corrected chi connectivity index (χ2v) is 4.52. The third-order valence-electron chi connectivity index (χ3n) is 2.72. The average molecular weight is 296 g/mol. The fourth-order valence-corrected chi connectivity index (χ4v) is 2.48. The van der Waals surface area contributed by atoms with Crippen LogP contribution in [0.2, 0.25) is 0 Å². The van der Waals surface area contributed by atoms with Crippen LogP contribution in [0.5, 0.6) is 0 Å². The molecule has 90 valence electrons. The third kappa shape index (κ3) is 2.09. The molecule has 2 aromatic rings. The van der Waals surface area contributed by atoms with Gasteiger partial charge in [-0.15, -0.1) is 0 Å². The molecule has 0 radical (unpaired) electrons. The number of rotatable bonds is 3. The second-order valence-electron chi connectivity index (χ2n) is 3.73. The number of hydrogen-bond acceptors (Lipinski definition) is 2. The lowest BCUT2D eigenvalue weighted by atomic mass is 10.1. The first-order chi connectivity index (χ1) is 8.19. The summed E-state index contributed by atoms with van der Waals surface area (Å²) in [5.74, 6) is -0.322. The molecule has 0 spiro atoms. The van der Waals surface area contributed by atoms with E-state index in [1.165, 1.54) is 5.56 Å². The summed E-state index contributed by atoms with van der Waals surface area (Å²) in [6, 6.07) is 6.03. The number of aromatic nitrogens is 1. The van der Waals surface area contributed by atoms with Crippen LogP contribution in [0.1, 0.15) is 29.9 Å². The first-order valence-electron chi connectivity index (χ1n) is 5.65. The van der Waals surface area contributed by atoms with Crippen molar-refractivity contribution in [1.29, 1.82) is 0 Å². The normalized spacial score (nSPS) is 10.8. The Hall–Kier alpha value is -1.29. The number of H-pyrrole nitrogens is 1. The van der Waals surface area contributed by atoms with Gasteiger partial charge in [0.1, 0.15) is 5.69 Å². The van der Waals surface area contributed by atoms with Crippen LogP contribution in [0.15, 0.2) is 22.7 Å². The smallest absolute Gasteiger partial charge is 0.355 e. The third-order valence-corrected chi connectivity index (χ3v) is 3.54. The Kier molecular flexibility index (Phi) is 3.52. The highest BCUT2D eigenvalue weighted by atomic mass is 79.9. The molecule has 1 aromatic carbocycles. The molecule has 1 aromatic heterocycles. The Balaban J connectivity index is 2.60. The molecule has 0 atom stereocenters. The molecule has 1 N–H and O–H groups in total. The van der Waals surface area contributed by atoms with Crippen LogP contribution in [-0.4, -0.2) is 17.6 Å². The summed E-state index contributed by atoms with van der Waals surface area (Å²) in [5, 5.41) is 1.02. The number of aryl methyl sites for hydroxylation is 1. The van der Waals surface area contributed by atoms with Gasteiger partial charge in [0.15, 0.2) is 0 Å². The summed E-state index contributed by atoms with van der Waals surface area (Å²) >= 11 is 3.45. The van der Waals surface area contributed by atoms with Crippen LogP contribution in [0.25, 0.3) is 10.9 Å². The predicted molar refractivity (Wildman–Crippen MR) is 71.3 cm³/mol.